The van der Waals surface area contributed by atoms with Crippen LogP contribution in [0.1, 0.15) is 24.2 Å². The summed E-state index contributed by atoms with van der Waals surface area (Å²) in [6.45, 7) is 5.15. The fourth-order valence-corrected chi connectivity index (χ4v) is 2.63. The molecule has 2 rings (SSSR count). The largest absolute Gasteiger partial charge is 0.395 e. The molecule has 1 fully saturated rings. The lowest BCUT2D eigenvalue weighted by atomic mass is 10.2. The molecule has 0 radical (unpaired) electrons. The lowest BCUT2D eigenvalue weighted by Crippen LogP contribution is -2.38. The van der Waals surface area contributed by atoms with Crippen molar-refractivity contribution >= 4 is 11.6 Å². The highest BCUT2D eigenvalue weighted by Gasteiger charge is 2.25. The van der Waals surface area contributed by atoms with E-state index in [9.17, 15) is 9.90 Å². The van der Waals surface area contributed by atoms with Gasteiger partial charge in [-0.1, -0.05) is 0 Å². The van der Waals surface area contributed by atoms with Crippen LogP contribution < -0.4 is 5.32 Å². The van der Waals surface area contributed by atoms with Crippen LogP contribution >= 0.6 is 0 Å². The smallest absolute Gasteiger partial charge is 0.238 e. The van der Waals surface area contributed by atoms with Crippen molar-refractivity contribution < 1.29 is 9.90 Å². The van der Waals surface area contributed by atoms with E-state index in [1.54, 1.807) is 4.68 Å². The molecule has 106 valence electrons. The summed E-state index contributed by atoms with van der Waals surface area (Å²) in [6.07, 6.45) is 2.01. The molecule has 0 spiro atoms. The molecule has 2 N–H and O–H groups in total. The molecule has 0 aliphatic carbocycles. The highest BCUT2D eigenvalue weighted by molar-refractivity contribution is 5.93. The summed E-state index contributed by atoms with van der Waals surface area (Å²) < 4.78 is 1.76. The molecule has 0 saturated carbocycles. The lowest BCUT2D eigenvalue weighted by molar-refractivity contribution is -0.117. The molecule has 6 nitrogen and oxygen atoms in total. The van der Waals surface area contributed by atoms with Crippen molar-refractivity contribution in [3.05, 3.63) is 11.4 Å². The Morgan fingerprint density at radius 2 is 2.26 bits per heavy atom. The standard InChI is InChI=1S/C13H22N4O2/c1-9-13(10(2)16(3)15-9)14-12(19)7-17-6-4-5-11(17)8-18/h11,18H,4-8H2,1-3H3,(H,14,19). The van der Waals surface area contributed by atoms with Gasteiger partial charge in [-0.3, -0.25) is 14.4 Å². The molecule has 1 aromatic rings. The third-order valence-electron chi connectivity index (χ3n) is 3.83. The molecule has 1 amide bonds. The van der Waals surface area contributed by atoms with Crippen LogP contribution in [0.5, 0.6) is 0 Å². The van der Waals surface area contributed by atoms with Gasteiger partial charge in [-0.15, -0.1) is 0 Å². The predicted molar refractivity (Wildman–Crippen MR) is 73.0 cm³/mol. The van der Waals surface area contributed by atoms with E-state index in [1.165, 1.54) is 0 Å². The first-order chi connectivity index (χ1) is 9.02. The van der Waals surface area contributed by atoms with Gasteiger partial charge in [0, 0.05) is 13.1 Å². The van der Waals surface area contributed by atoms with Gasteiger partial charge < -0.3 is 10.4 Å². The van der Waals surface area contributed by atoms with Gasteiger partial charge in [0.15, 0.2) is 0 Å². The first-order valence-electron chi connectivity index (χ1n) is 6.68. The number of carbonyl (C=O) groups is 1. The molecule has 1 aliphatic heterocycles. The Kier molecular flexibility index (Phi) is 4.21. The molecular weight excluding hydrogens is 244 g/mol. The minimum absolute atomic E-state index is 0.0421. The fraction of sp³-hybridized carbons (Fsp3) is 0.692. The van der Waals surface area contributed by atoms with Crippen molar-refractivity contribution in [3.63, 3.8) is 0 Å². The number of amides is 1. The van der Waals surface area contributed by atoms with Crippen molar-refractivity contribution in [1.29, 1.82) is 0 Å². The summed E-state index contributed by atoms with van der Waals surface area (Å²) in [5.41, 5.74) is 2.58. The Balaban J connectivity index is 1.98. The van der Waals surface area contributed by atoms with E-state index >= 15 is 0 Å². The predicted octanol–water partition coefficient (Wildman–Crippen LogP) is 0.432. The van der Waals surface area contributed by atoms with Gasteiger partial charge in [0.05, 0.1) is 30.2 Å². The van der Waals surface area contributed by atoms with Crippen molar-refractivity contribution in [2.75, 3.05) is 25.0 Å². The summed E-state index contributed by atoms with van der Waals surface area (Å²) in [7, 11) is 1.86. The van der Waals surface area contributed by atoms with E-state index in [-0.39, 0.29) is 18.6 Å². The third kappa shape index (κ3) is 2.96. The molecule has 1 aliphatic rings. The van der Waals surface area contributed by atoms with Crippen LogP contribution in [-0.4, -0.2) is 51.4 Å². The Labute approximate surface area is 113 Å². The van der Waals surface area contributed by atoms with E-state index < -0.39 is 0 Å². The molecule has 0 bridgehead atoms. The first kappa shape index (κ1) is 14.0. The van der Waals surface area contributed by atoms with Crippen molar-refractivity contribution in [1.82, 2.24) is 14.7 Å². The average molecular weight is 266 g/mol. The molecule has 1 atom stereocenters. The minimum Gasteiger partial charge on any atom is -0.395 e. The fourth-order valence-electron chi connectivity index (χ4n) is 2.63. The van der Waals surface area contributed by atoms with E-state index in [4.69, 9.17) is 0 Å². The zero-order valence-corrected chi connectivity index (χ0v) is 11.8. The lowest BCUT2D eigenvalue weighted by Gasteiger charge is -2.21. The van der Waals surface area contributed by atoms with Gasteiger partial charge in [-0.2, -0.15) is 5.10 Å². The average Bonchev–Trinajstić information content (AvgIpc) is 2.89. The van der Waals surface area contributed by atoms with Gasteiger partial charge in [0.1, 0.15) is 0 Å². The Morgan fingerprint density at radius 3 is 2.84 bits per heavy atom. The number of carbonyl (C=O) groups excluding carboxylic acids is 1. The second-order valence-electron chi connectivity index (χ2n) is 5.17. The van der Waals surface area contributed by atoms with Crippen molar-refractivity contribution in [2.24, 2.45) is 7.05 Å². The van der Waals surface area contributed by atoms with Crippen LogP contribution in [0.2, 0.25) is 0 Å². The highest BCUT2D eigenvalue weighted by atomic mass is 16.3. The van der Waals surface area contributed by atoms with E-state index in [0.29, 0.717) is 6.54 Å². The summed E-state index contributed by atoms with van der Waals surface area (Å²) in [5.74, 6) is -0.0421. The Bertz CT molecular complexity index is 469. The van der Waals surface area contributed by atoms with Gasteiger partial charge in [-0.25, -0.2) is 0 Å². The second kappa shape index (κ2) is 5.71. The quantitative estimate of drug-likeness (QED) is 0.829. The maximum absolute atomic E-state index is 12.1. The first-order valence-corrected chi connectivity index (χ1v) is 6.68. The van der Waals surface area contributed by atoms with E-state index in [2.05, 4.69) is 10.4 Å². The van der Waals surface area contributed by atoms with Gasteiger partial charge in [0.2, 0.25) is 5.91 Å². The van der Waals surface area contributed by atoms with Crippen molar-refractivity contribution in [2.45, 2.75) is 32.7 Å². The number of aryl methyl sites for hydroxylation is 2. The van der Waals surface area contributed by atoms with Crippen LogP contribution in [0.4, 0.5) is 5.69 Å². The number of aliphatic hydroxyl groups excluding tert-OH is 1. The summed E-state index contributed by atoms with van der Waals surface area (Å²) >= 11 is 0. The zero-order valence-electron chi connectivity index (χ0n) is 11.8. The minimum atomic E-state index is -0.0421. The van der Waals surface area contributed by atoms with Crippen LogP contribution in [0.25, 0.3) is 0 Å². The highest BCUT2D eigenvalue weighted by Crippen LogP contribution is 2.19. The van der Waals surface area contributed by atoms with Gasteiger partial charge in [-0.05, 0) is 33.2 Å². The Morgan fingerprint density at radius 1 is 1.53 bits per heavy atom. The molecular formula is C13H22N4O2. The van der Waals surface area contributed by atoms with Crippen LogP contribution in [0.3, 0.4) is 0 Å². The summed E-state index contributed by atoms with van der Waals surface area (Å²) in [6, 6.07) is 0.127. The van der Waals surface area contributed by atoms with Gasteiger partial charge >= 0.3 is 0 Å². The molecule has 1 saturated heterocycles. The maximum atomic E-state index is 12.1. The number of nitrogens with zero attached hydrogens (tertiary/aromatic N) is 3. The topological polar surface area (TPSA) is 70.4 Å². The van der Waals surface area contributed by atoms with Crippen molar-refractivity contribution in [3.8, 4) is 0 Å². The zero-order chi connectivity index (χ0) is 14.0. The number of aliphatic hydroxyl groups is 1. The molecule has 1 unspecified atom stereocenters. The molecule has 19 heavy (non-hydrogen) atoms. The van der Waals surface area contributed by atoms with Crippen LogP contribution in [0.15, 0.2) is 0 Å². The number of rotatable bonds is 4. The summed E-state index contributed by atoms with van der Waals surface area (Å²) in [5, 5.41) is 16.4. The van der Waals surface area contributed by atoms with Crippen LogP contribution in [-0.2, 0) is 11.8 Å². The SMILES string of the molecule is Cc1nn(C)c(C)c1NC(=O)CN1CCCC1CO. The van der Waals surface area contributed by atoms with E-state index in [0.717, 1.165) is 36.5 Å². The number of likely N-dealkylation sites (tertiary alicyclic amines) is 1. The molecule has 1 aromatic heterocycles. The monoisotopic (exact) mass is 266 g/mol. The molecule has 0 aromatic carbocycles. The third-order valence-corrected chi connectivity index (χ3v) is 3.83. The number of hydrogen-bond acceptors (Lipinski definition) is 4. The molecule has 6 heteroatoms. The number of anilines is 1. The number of hydrogen-bond donors (Lipinski definition) is 2. The van der Waals surface area contributed by atoms with E-state index in [1.807, 2.05) is 25.8 Å². The normalized spacial score (nSPS) is 19.9. The Hall–Kier alpha value is -1.40. The maximum Gasteiger partial charge on any atom is 0.238 e. The second-order valence-corrected chi connectivity index (χ2v) is 5.17. The summed E-state index contributed by atoms with van der Waals surface area (Å²) in [4.78, 5) is 14.1. The molecule has 2 heterocycles. The number of aromatic nitrogens is 2. The van der Waals surface area contributed by atoms with Gasteiger partial charge in [0.25, 0.3) is 0 Å². The number of nitrogens with one attached hydrogen (secondary N) is 1. The van der Waals surface area contributed by atoms with Crippen LogP contribution in [0, 0.1) is 13.8 Å².